The third-order valence-electron chi connectivity index (χ3n) is 3.65. The van der Waals surface area contributed by atoms with E-state index in [2.05, 4.69) is 10.2 Å². The second-order valence-corrected chi connectivity index (χ2v) is 5.75. The molecule has 0 aromatic heterocycles. The number of amidine groups is 1. The molecular formula is C17H16N4O3. The minimum absolute atomic E-state index is 0.00294. The van der Waals surface area contributed by atoms with E-state index in [0.717, 1.165) is 0 Å². The number of ketones is 1. The summed E-state index contributed by atoms with van der Waals surface area (Å²) in [5.41, 5.74) is 1.57. The van der Waals surface area contributed by atoms with Crippen molar-refractivity contribution < 1.29 is 15.0 Å². The first kappa shape index (κ1) is 15.7. The monoisotopic (exact) mass is 324 g/mol. The largest absolute Gasteiger partial charge is 0.508 e. The number of carbonyl (C=O) groups excluding carboxylic acids is 1. The van der Waals surface area contributed by atoms with E-state index in [4.69, 9.17) is 5.41 Å². The number of phenolic OH excluding ortho intramolecular Hbond substituents is 2. The van der Waals surface area contributed by atoms with Crippen molar-refractivity contribution in [3.63, 3.8) is 0 Å². The summed E-state index contributed by atoms with van der Waals surface area (Å²) in [7, 11) is 0. The maximum absolute atomic E-state index is 12.4. The molecule has 0 atom stereocenters. The SMILES string of the molecule is CC(C)C(=O)C(=N)N1c2ccc(O)cc2N=Nc2cc(O)ccc21. The van der Waals surface area contributed by atoms with Crippen LogP contribution in [-0.2, 0) is 4.79 Å². The summed E-state index contributed by atoms with van der Waals surface area (Å²) in [6.45, 7) is 3.44. The summed E-state index contributed by atoms with van der Waals surface area (Å²) in [4.78, 5) is 13.8. The Bertz CT molecular complexity index is 819. The zero-order chi connectivity index (χ0) is 17.4. The molecule has 0 radical (unpaired) electrons. The van der Waals surface area contributed by atoms with Gasteiger partial charge in [0.1, 0.15) is 22.9 Å². The molecule has 3 rings (SSSR count). The highest BCUT2D eigenvalue weighted by molar-refractivity contribution is 6.45. The van der Waals surface area contributed by atoms with Crippen LogP contribution in [0.4, 0.5) is 22.7 Å². The lowest BCUT2D eigenvalue weighted by molar-refractivity contribution is -0.115. The fraction of sp³-hybridized carbons (Fsp3) is 0.176. The number of Topliss-reactive ketones (excluding diaryl/α,β-unsaturated/α-hetero) is 1. The number of nitrogens with zero attached hydrogens (tertiary/aromatic N) is 3. The number of hydrogen-bond acceptors (Lipinski definition) is 6. The third-order valence-corrected chi connectivity index (χ3v) is 3.65. The minimum atomic E-state index is -0.351. The van der Waals surface area contributed by atoms with Crippen LogP contribution >= 0.6 is 0 Å². The Kier molecular flexibility index (Phi) is 3.76. The van der Waals surface area contributed by atoms with Crippen molar-refractivity contribution in [2.45, 2.75) is 13.8 Å². The number of azo groups is 1. The molecule has 24 heavy (non-hydrogen) atoms. The predicted molar refractivity (Wildman–Crippen MR) is 90.1 cm³/mol. The Hall–Kier alpha value is -3.22. The molecule has 0 amide bonds. The van der Waals surface area contributed by atoms with Crippen LogP contribution in [0.3, 0.4) is 0 Å². The molecule has 0 aliphatic carbocycles. The number of fused-ring (bicyclic) bond motifs is 2. The standard InChI is InChI=1S/C17H16N4O3/c1-9(2)16(24)17(18)21-14-5-3-10(22)7-12(14)19-20-13-8-11(23)4-6-15(13)21/h3-9,18,22-23H,1-2H3. The van der Waals surface area contributed by atoms with Gasteiger partial charge >= 0.3 is 0 Å². The molecule has 0 fully saturated rings. The first-order valence-electron chi connectivity index (χ1n) is 7.39. The van der Waals surface area contributed by atoms with Crippen LogP contribution in [0, 0.1) is 11.3 Å². The summed E-state index contributed by atoms with van der Waals surface area (Å²) < 4.78 is 0. The summed E-state index contributed by atoms with van der Waals surface area (Å²) in [6, 6.07) is 8.89. The van der Waals surface area contributed by atoms with Crippen LogP contribution in [0.5, 0.6) is 11.5 Å². The van der Waals surface area contributed by atoms with E-state index in [1.807, 2.05) is 0 Å². The highest BCUT2D eigenvalue weighted by atomic mass is 16.3. The quantitative estimate of drug-likeness (QED) is 0.569. The first-order chi connectivity index (χ1) is 11.4. The van der Waals surface area contributed by atoms with Crippen molar-refractivity contribution in [3.8, 4) is 11.5 Å². The third kappa shape index (κ3) is 2.60. The normalized spacial score (nSPS) is 12.5. The number of anilines is 2. The van der Waals surface area contributed by atoms with Gasteiger partial charge in [-0.15, -0.1) is 10.2 Å². The van der Waals surface area contributed by atoms with E-state index in [0.29, 0.717) is 22.7 Å². The molecular weight excluding hydrogens is 308 g/mol. The maximum atomic E-state index is 12.4. The van der Waals surface area contributed by atoms with Crippen LogP contribution < -0.4 is 4.90 Å². The molecule has 7 heteroatoms. The van der Waals surface area contributed by atoms with Crippen LogP contribution in [0.25, 0.3) is 0 Å². The summed E-state index contributed by atoms with van der Waals surface area (Å²) in [6.07, 6.45) is 0. The van der Waals surface area contributed by atoms with Crippen molar-refractivity contribution in [1.82, 2.24) is 0 Å². The number of aromatic hydroxyl groups is 2. The zero-order valence-electron chi connectivity index (χ0n) is 13.2. The number of nitrogens with one attached hydrogen (secondary N) is 1. The smallest absolute Gasteiger partial charge is 0.200 e. The minimum Gasteiger partial charge on any atom is -0.508 e. The molecule has 7 nitrogen and oxygen atoms in total. The average molecular weight is 324 g/mol. The topological polar surface area (TPSA) is 109 Å². The van der Waals surface area contributed by atoms with E-state index < -0.39 is 0 Å². The van der Waals surface area contributed by atoms with Gasteiger partial charge < -0.3 is 10.2 Å². The molecule has 0 unspecified atom stereocenters. The molecule has 122 valence electrons. The Morgan fingerprint density at radius 1 is 1.00 bits per heavy atom. The van der Waals surface area contributed by atoms with Crippen LogP contribution in [-0.4, -0.2) is 21.8 Å². The molecule has 2 aromatic carbocycles. The highest BCUT2D eigenvalue weighted by Crippen LogP contribution is 2.45. The van der Waals surface area contributed by atoms with Gasteiger partial charge in [-0.2, -0.15) is 0 Å². The van der Waals surface area contributed by atoms with Crippen LogP contribution in [0.1, 0.15) is 13.8 Å². The Morgan fingerprint density at radius 3 is 1.88 bits per heavy atom. The van der Waals surface area contributed by atoms with Gasteiger partial charge in [0.15, 0.2) is 5.84 Å². The number of rotatable bonds is 2. The molecule has 2 aromatic rings. The fourth-order valence-electron chi connectivity index (χ4n) is 2.42. The molecule has 0 saturated heterocycles. The predicted octanol–water partition coefficient (Wildman–Crippen LogP) is 4.17. The van der Waals surface area contributed by atoms with E-state index in [9.17, 15) is 15.0 Å². The Balaban J connectivity index is 2.25. The Morgan fingerprint density at radius 2 is 1.46 bits per heavy atom. The average Bonchev–Trinajstić information content (AvgIpc) is 2.69. The van der Waals surface area contributed by atoms with Gasteiger partial charge in [0, 0.05) is 18.1 Å². The number of benzene rings is 2. The van der Waals surface area contributed by atoms with Gasteiger partial charge in [-0.1, -0.05) is 13.8 Å². The lowest BCUT2D eigenvalue weighted by atomic mass is 10.1. The van der Waals surface area contributed by atoms with E-state index >= 15 is 0 Å². The van der Waals surface area contributed by atoms with Gasteiger partial charge in [-0.3, -0.25) is 15.1 Å². The van der Waals surface area contributed by atoms with Crippen molar-refractivity contribution in [2.24, 2.45) is 16.1 Å². The van der Waals surface area contributed by atoms with Gasteiger partial charge in [-0.25, -0.2) is 0 Å². The molecule has 1 aliphatic heterocycles. The molecule has 0 spiro atoms. The van der Waals surface area contributed by atoms with Gasteiger partial charge in [0.25, 0.3) is 0 Å². The zero-order valence-corrected chi connectivity index (χ0v) is 13.2. The van der Waals surface area contributed by atoms with Crippen LogP contribution in [0.2, 0.25) is 0 Å². The maximum Gasteiger partial charge on any atom is 0.200 e. The molecule has 0 saturated carbocycles. The molecule has 3 N–H and O–H groups in total. The number of phenols is 2. The van der Waals surface area contributed by atoms with Crippen molar-refractivity contribution in [1.29, 1.82) is 5.41 Å². The molecule has 1 aliphatic rings. The van der Waals surface area contributed by atoms with E-state index in [-0.39, 0.29) is 29.0 Å². The lowest BCUT2D eigenvalue weighted by Gasteiger charge is -2.26. The van der Waals surface area contributed by atoms with Gasteiger partial charge in [-0.05, 0) is 24.3 Å². The number of carbonyl (C=O) groups is 1. The van der Waals surface area contributed by atoms with Crippen molar-refractivity contribution in [3.05, 3.63) is 36.4 Å². The Labute approximate surface area is 138 Å². The number of hydrogen-bond donors (Lipinski definition) is 3. The second kappa shape index (κ2) is 5.77. The highest BCUT2D eigenvalue weighted by Gasteiger charge is 2.28. The van der Waals surface area contributed by atoms with E-state index in [1.165, 1.54) is 29.2 Å². The van der Waals surface area contributed by atoms with Crippen LogP contribution in [0.15, 0.2) is 46.6 Å². The van der Waals surface area contributed by atoms with E-state index in [1.54, 1.807) is 26.0 Å². The first-order valence-corrected chi connectivity index (χ1v) is 7.39. The summed E-state index contributed by atoms with van der Waals surface area (Å²) in [5.74, 6) is -0.909. The van der Waals surface area contributed by atoms with Gasteiger partial charge in [0.2, 0.25) is 5.78 Å². The molecule has 1 heterocycles. The van der Waals surface area contributed by atoms with Gasteiger partial charge in [0.05, 0.1) is 11.4 Å². The van der Waals surface area contributed by atoms with Crippen molar-refractivity contribution >= 4 is 34.4 Å². The van der Waals surface area contributed by atoms with Crippen molar-refractivity contribution in [2.75, 3.05) is 4.90 Å². The summed E-state index contributed by atoms with van der Waals surface area (Å²) >= 11 is 0. The summed E-state index contributed by atoms with van der Waals surface area (Å²) in [5, 5.41) is 35.9. The molecule has 0 bridgehead atoms. The fourth-order valence-corrected chi connectivity index (χ4v) is 2.42. The lowest BCUT2D eigenvalue weighted by Crippen LogP contribution is -2.34. The second-order valence-electron chi connectivity index (χ2n) is 5.75.